The van der Waals surface area contributed by atoms with Crippen LogP contribution < -0.4 is 10.2 Å². The van der Waals surface area contributed by atoms with Crippen molar-refractivity contribution in [3.63, 3.8) is 0 Å². The van der Waals surface area contributed by atoms with Crippen molar-refractivity contribution in [1.29, 1.82) is 0 Å². The van der Waals surface area contributed by atoms with Crippen LogP contribution in [0.3, 0.4) is 0 Å². The van der Waals surface area contributed by atoms with Crippen LogP contribution in [0.25, 0.3) is 0 Å². The van der Waals surface area contributed by atoms with Crippen molar-refractivity contribution in [2.75, 3.05) is 42.1 Å². The van der Waals surface area contributed by atoms with Gasteiger partial charge in [0.15, 0.2) is 4.34 Å². The van der Waals surface area contributed by atoms with Crippen LogP contribution in [0.2, 0.25) is 0 Å². The summed E-state index contributed by atoms with van der Waals surface area (Å²) in [7, 11) is 0. The molecule has 1 aromatic carbocycles. The average molecular weight is 418 g/mol. The Morgan fingerprint density at radius 1 is 1.11 bits per heavy atom. The molecule has 1 N–H and O–H groups in total. The van der Waals surface area contributed by atoms with Gasteiger partial charge in [-0.25, -0.2) is 0 Å². The summed E-state index contributed by atoms with van der Waals surface area (Å²) in [5.74, 6) is 0.617. The SMILES string of the molecule is O=C(Nc1nnc(SCC(=O)N2CCN(c3ccccc3)CC2)s1)C1CCC1. The molecule has 1 saturated carbocycles. The second-order valence-corrected chi connectivity index (χ2v) is 9.18. The second-order valence-electron chi connectivity index (χ2n) is 6.98. The Labute approximate surface area is 172 Å². The largest absolute Gasteiger partial charge is 0.368 e. The van der Waals surface area contributed by atoms with Gasteiger partial charge in [-0.15, -0.1) is 10.2 Å². The van der Waals surface area contributed by atoms with Crippen LogP contribution in [0, 0.1) is 5.92 Å². The lowest BCUT2D eigenvalue weighted by molar-refractivity contribution is -0.128. The lowest BCUT2D eigenvalue weighted by Crippen LogP contribution is -2.49. The highest BCUT2D eigenvalue weighted by molar-refractivity contribution is 8.01. The summed E-state index contributed by atoms with van der Waals surface area (Å²) in [6.45, 7) is 3.15. The Kier molecular flexibility index (Phi) is 6.11. The molecule has 1 aliphatic heterocycles. The number of nitrogens with one attached hydrogen (secondary N) is 1. The zero-order valence-corrected chi connectivity index (χ0v) is 17.2. The van der Waals surface area contributed by atoms with E-state index in [-0.39, 0.29) is 17.7 Å². The van der Waals surface area contributed by atoms with Gasteiger partial charge in [0.1, 0.15) is 0 Å². The fourth-order valence-corrected chi connectivity index (χ4v) is 4.92. The van der Waals surface area contributed by atoms with Crippen LogP contribution in [-0.2, 0) is 9.59 Å². The molecule has 2 fully saturated rings. The maximum absolute atomic E-state index is 12.5. The number of thioether (sulfide) groups is 1. The zero-order chi connectivity index (χ0) is 19.3. The van der Waals surface area contributed by atoms with E-state index in [1.807, 2.05) is 23.1 Å². The minimum Gasteiger partial charge on any atom is -0.368 e. The van der Waals surface area contributed by atoms with Crippen LogP contribution in [0.5, 0.6) is 0 Å². The summed E-state index contributed by atoms with van der Waals surface area (Å²) in [5, 5.41) is 11.4. The molecule has 1 saturated heterocycles. The van der Waals surface area contributed by atoms with Crippen molar-refractivity contribution < 1.29 is 9.59 Å². The predicted octanol–water partition coefficient (Wildman–Crippen LogP) is 2.72. The second kappa shape index (κ2) is 8.91. The maximum Gasteiger partial charge on any atom is 0.233 e. The van der Waals surface area contributed by atoms with Gasteiger partial charge in [0.25, 0.3) is 0 Å². The fraction of sp³-hybridized carbons (Fsp3) is 0.474. The van der Waals surface area contributed by atoms with Gasteiger partial charge in [-0.2, -0.15) is 0 Å². The van der Waals surface area contributed by atoms with Crippen LogP contribution in [0.15, 0.2) is 34.7 Å². The van der Waals surface area contributed by atoms with Crippen LogP contribution >= 0.6 is 23.1 Å². The zero-order valence-electron chi connectivity index (χ0n) is 15.5. The van der Waals surface area contributed by atoms with E-state index in [9.17, 15) is 9.59 Å². The molecule has 9 heteroatoms. The fourth-order valence-electron chi connectivity index (χ4n) is 3.26. The number of rotatable bonds is 6. The number of carbonyl (C=O) groups excluding carboxylic acids is 2. The van der Waals surface area contributed by atoms with Crippen LogP contribution in [0.1, 0.15) is 19.3 Å². The van der Waals surface area contributed by atoms with Crippen molar-refractivity contribution in [2.24, 2.45) is 5.92 Å². The summed E-state index contributed by atoms with van der Waals surface area (Å²) in [6, 6.07) is 10.3. The number of hydrogen-bond donors (Lipinski definition) is 1. The molecule has 28 heavy (non-hydrogen) atoms. The van der Waals surface area contributed by atoms with Gasteiger partial charge in [0, 0.05) is 37.8 Å². The van der Waals surface area contributed by atoms with Crippen LogP contribution in [-0.4, -0.2) is 58.8 Å². The smallest absolute Gasteiger partial charge is 0.233 e. The Morgan fingerprint density at radius 2 is 1.86 bits per heavy atom. The first-order valence-electron chi connectivity index (χ1n) is 9.54. The maximum atomic E-state index is 12.5. The molecule has 2 aromatic rings. The van der Waals surface area contributed by atoms with Crippen molar-refractivity contribution in [3.05, 3.63) is 30.3 Å². The minimum atomic E-state index is 0.0336. The van der Waals surface area contributed by atoms with E-state index < -0.39 is 0 Å². The number of nitrogens with zero attached hydrogens (tertiary/aromatic N) is 4. The molecule has 0 unspecified atom stereocenters. The van der Waals surface area contributed by atoms with Gasteiger partial charge < -0.3 is 15.1 Å². The molecule has 148 valence electrons. The Balaban J connectivity index is 1.21. The summed E-state index contributed by atoms with van der Waals surface area (Å²) >= 11 is 2.71. The number of aromatic nitrogens is 2. The molecule has 4 rings (SSSR count). The lowest BCUT2D eigenvalue weighted by atomic mass is 9.85. The topological polar surface area (TPSA) is 78.4 Å². The highest BCUT2D eigenvalue weighted by Crippen LogP contribution is 2.30. The highest BCUT2D eigenvalue weighted by Gasteiger charge is 2.26. The molecule has 2 heterocycles. The number of amides is 2. The van der Waals surface area contributed by atoms with E-state index in [0.29, 0.717) is 15.2 Å². The van der Waals surface area contributed by atoms with Crippen molar-refractivity contribution >= 4 is 45.7 Å². The summed E-state index contributed by atoms with van der Waals surface area (Å²) in [5.41, 5.74) is 1.20. The Bertz CT molecular complexity index is 817. The molecule has 7 nitrogen and oxygen atoms in total. The first-order valence-corrected chi connectivity index (χ1v) is 11.3. The highest BCUT2D eigenvalue weighted by atomic mass is 32.2. The molecular weight excluding hydrogens is 394 g/mol. The van der Waals surface area contributed by atoms with Gasteiger partial charge in [0.2, 0.25) is 16.9 Å². The third-order valence-corrected chi connectivity index (χ3v) is 7.14. The third-order valence-electron chi connectivity index (χ3n) is 5.19. The van der Waals surface area contributed by atoms with Crippen molar-refractivity contribution in [2.45, 2.75) is 23.6 Å². The number of hydrogen-bond acceptors (Lipinski definition) is 7. The molecule has 2 aliphatic rings. The number of para-hydroxylation sites is 1. The predicted molar refractivity (Wildman–Crippen MR) is 112 cm³/mol. The monoisotopic (exact) mass is 417 g/mol. The quantitative estimate of drug-likeness (QED) is 0.575. The lowest BCUT2D eigenvalue weighted by Gasteiger charge is -2.36. The van der Waals surface area contributed by atoms with Crippen molar-refractivity contribution in [1.82, 2.24) is 15.1 Å². The number of piperazine rings is 1. The van der Waals surface area contributed by atoms with Gasteiger partial charge in [-0.05, 0) is 25.0 Å². The molecule has 0 bridgehead atoms. The number of carbonyl (C=O) groups is 2. The van der Waals surface area contributed by atoms with E-state index in [4.69, 9.17) is 0 Å². The van der Waals surface area contributed by atoms with Gasteiger partial charge in [-0.1, -0.05) is 47.7 Å². The van der Waals surface area contributed by atoms with Crippen molar-refractivity contribution in [3.8, 4) is 0 Å². The number of benzene rings is 1. The third kappa shape index (κ3) is 4.64. The van der Waals surface area contributed by atoms with Gasteiger partial charge in [0.05, 0.1) is 5.75 Å². The minimum absolute atomic E-state index is 0.0336. The summed E-state index contributed by atoms with van der Waals surface area (Å²) in [4.78, 5) is 28.7. The number of anilines is 2. The molecular formula is C19H23N5O2S2. The molecule has 0 radical (unpaired) electrons. The van der Waals surface area contributed by atoms with E-state index >= 15 is 0 Å². The Hall–Kier alpha value is -2.13. The van der Waals surface area contributed by atoms with Gasteiger partial charge >= 0.3 is 0 Å². The molecule has 0 atom stereocenters. The molecule has 0 spiro atoms. The molecule has 1 aromatic heterocycles. The normalized spacial score (nSPS) is 17.3. The van der Waals surface area contributed by atoms with E-state index in [2.05, 4.69) is 32.5 Å². The average Bonchev–Trinajstić information content (AvgIpc) is 3.13. The first kappa shape index (κ1) is 19.2. The molecule has 1 aliphatic carbocycles. The first-order chi connectivity index (χ1) is 13.7. The van der Waals surface area contributed by atoms with E-state index in [1.54, 1.807) is 0 Å². The summed E-state index contributed by atoms with van der Waals surface area (Å²) in [6.07, 6.45) is 3.04. The van der Waals surface area contributed by atoms with Crippen LogP contribution in [0.4, 0.5) is 10.8 Å². The standard InChI is InChI=1S/C19H23N5O2S2/c25-16(24-11-9-23(10-12-24)15-7-2-1-3-8-15)13-27-19-22-21-18(28-19)20-17(26)14-5-4-6-14/h1-3,7-8,14H,4-6,9-13H2,(H,20,21,26). The van der Waals surface area contributed by atoms with E-state index in [0.717, 1.165) is 45.4 Å². The Morgan fingerprint density at radius 3 is 2.54 bits per heavy atom. The summed E-state index contributed by atoms with van der Waals surface area (Å²) < 4.78 is 0.709. The molecule has 2 amide bonds. The van der Waals surface area contributed by atoms with Gasteiger partial charge in [-0.3, -0.25) is 9.59 Å². The van der Waals surface area contributed by atoms with E-state index in [1.165, 1.54) is 28.8 Å².